The van der Waals surface area contributed by atoms with E-state index < -0.39 is 17.8 Å². The van der Waals surface area contributed by atoms with Gasteiger partial charge in [0.25, 0.3) is 11.8 Å². The van der Waals surface area contributed by atoms with Gasteiger partial charge in [0.05, 0.1) is 0 Å². The van der Waals surface area contributed by atoms with Crippen LogP contribution < -0.4 is 5.32 Å². The molecule has 1 aromatic carbocycles. The first-order valence-corrected chi connectivity index (χ1v) is 8.98. The number of benzene rings is 1. The normalized spacial score (nSPS) is 21.2. The van der Waals surface area contributed by atoms with Crippen LogP contribution in [0, 0.1) is 0 Å². The molecule has 5 heteroatoms. The average Bonchev–Trinajstić information content (AvgIpc) is 2.60. The van der Waals surface area contributed by atoms with Gasteiger partial charge in [0.15, 0.2) is 0 Å². The van der Waals surface area contributed by atoms with Crippen LogP contribution in [0.2, 0.25) is 0 Å². The van der Waals surface area contributed by atoms with E-state index in [4.69, 9.17) is 0 Å². The van der Waals surface area contributed by atoms with Crippen molar-refractivity contribution in [1.82, 2.24) is 10.2 Å². The van der Waals surface area contributed by atoms with Crippen LogP contribution in [0.4, 0.5) is 4.79 Å². The summed E-state index contributed by atoms with van der Waals surface area (Å²) >= 11 is 0. The number of urea groups is 1. The fourth-order valence-electron chi connectivity index (χ4n) is 3.49. The lowest BCUT2D eigenvalue weighted by Crippen LogP contribution is -2.58. The van der Waals surface area contributed by atoms with Gasteiger partial charge in [-0.15, -0.1) is 0 Å². The molecule has 132 valence electrons. The molecule has 2 fully saturated rings. The molecule has 1 saturated heterocycles. The predicted octanol–water partition coefficient (Wildman–Crippen LogP) is 3.60. The Labute approximate surface area is 148 Å². The number of nitrogens with zero attached hydrogens (tertiary/aromatic N) is 1. The van der Waals surface area contributed by atoms with Crippen molar-refractivity contribution in [2.75, 3.05) is 0 Å². The van der Waals surface area contributed by atoms with Crippen molar-refractivity contribution in [2.24, 2.45) is 0 Å². The highest BCUT2D eigenvalue weighted by Gasteiger charge is 2.40. The van der Waals surface area contributed by atoms with Crippen molar-refractivity contribution in [1.29, 1.82) is 0 Å². The molecule has 0 radical (unpaired) electrons. The predicted molar refractivity (Wildman–Crippen MR) is 95.8 cm³/mol. The quantitative estimate of drug-likeness (QED) is 0.675. The molecule has 1 N–H and O–H groups in total. The van der Waals surface area contributed by atoms with E-state index in [2.05, 4.69) is 19.2 Å². The molecule has 3 rings (SSSR count). The number of barbiturate groups is 1. The third kappa shape index (κ3) is 3.65. The molecular weight excluding hydrogens is 316 g/mol. The molecule has 0 atom stereocenters. The number of rotatable bonds is 3. The zero-order valence-corrected chi connectivity index (χ0v) is 14.7. The summed E-state index contributed by atoms with van der Waals surface area (Å²) in [5, 5.41) is 2.32. The Hall–Kier alpha value is -2.43. The lowest BCUT2D eigenvalue weighted by atomic mass is 9.93. The third-order valence-electron chi connectivity index (χ3n) is 4.99. The van der Waals surface area contributed by atoms with Crippen LogP contribution in [0.15, 0.2) is 29.8 Å². The van der Waals surface area contributed by atoms with E-state index in [9.17, 15) is 14.4 Å². The second-order valence-electron chi connectivity index (χ2n) is 7.11. The Morgan fingerprint density at radius 1 is 1.04 bits per heavy atom. The van der Waals surface area contributed by atoms with Gasteiger partial charge in [-0.25, -0.2) is 4.79 Å². The highest BCUT2D eigenvalue weighted by Crippen LogP contribution is 2.26. The van der Waals surface area contributed by atoms with Gasteiger partial charge in [0, 0.05) is 6.04 Å². The molecular formula is C20H24N2O3. The summed E-state index contributed by atoms with van der Waals surface area (Å²) in [5.41, 5.74) is 2.00. The molecule has 0 unspecified atom stereocenters. The largest absolute Gasteiger partial charge is 0.331 e. The summed E-state index contributed by atoms with van der Waals surface area (Å²) in [6, 6.07) is 7.07. The van der Waals surface area contributed by atoms with Gasteiger partial charge in [-0.2, -0.15) is 0 Å². The summed E-state index contributed by atoms with van der Waals surface area (Å²) in [6.07, 6.45) is 6.33. The molecule has 2 aliphatic rings. The summed E-state index contributed by atoms with van der Waals surface area (Å²) in [5.74, 6) is -0.677. The molecule has 1 heterocycles. The molecule has 0 aromatic heterocycles. The van der Waals surface area contributed by atoms with E-state index in [1.165, 1.54) is 10.5 Å². The van der Waals surface area contributed by atoms with Crippen molar-refractivity contribution in [2.45, 2.75) is 57.9 Å². The Morgan fingerprint density at radius 2 is 1.68 bits per heavy atom. The van der Waals surface area contributed by atoms with Gasteiger partial charge < -0.3 is 0 Å². The number of hydrogen-bond donors (Lipinski definition) is 1. The number of carbonyl (C=O) groups is 3. The van der Waals surface area contributed by atoms with Gasteiger partial charge in [-0.3, -0.25) is 19.8 Å². The molecule has 1 aliphatic heterocycles. The molecule has 1 aliphatic carbocycles. The standard InChI is InChI=1S/C20H24N2O3/c1-13(2)15-10-8-14(9-11-15)12-17-18(23)21-20(25)22(19(17)24)16-6-4-3-5-7-16/h8-13,16H,3-7H2,1-2H3,(H,21,23,25)/b17-12+. The van der Waals surface area contributed by atoms with Crippen LogP contribution in [-0.2, 0) is 9.59 Å². The topological polar surface area (TPSA) is 66.5 Å². The SMILES string of the molecule is CC(C)c1ccc(/C=C2\C(=O)NC(=O)N(C3CCCCC3)C2=O)cc1. The summed E-state index contributed by atoms with van der Waals surface area (Å²) < 4.78 is 0. The first kappa shape index (κ1) is 17.4. The fourth-order valence-corrected chi connectivity index (χ4v) is 3.49. The molecule has 4 amide bonds. The van der Waals surface area contributed by atoms with E-state index in [1.54, 1.807) is 6.08 Å². The number of nitrogens with one attached hydrogen (secondary N) is 1. The van der Waals surface area contributed by atoms with Gasteiger partial charge in [-0.05, 0) is 36.0 Å². The minimum absolute atomic E-state index is 0.0301. The van der Waals surface area contributed by atoms with Crippen LogP contribution in [0.3, 0.4) is 0 Å². The van der Waals surface area contributed by atoms with Crippen molar-refractivity contribution < 1.29 is 14.4 Å². The second-order valence-corrected chi connectivity index (χ2v) is 7.11. The second kappa shape index (κ2) is 7.21. The van der Waals surface area contributed by atoms with Crippen molar-refractivity contribution in [3.8, 4) is 0 Å². The number of hydrogen-bond acceptors (Lipinski definition) is 3. The van der Waals surface area contributed by atoms with Gasteiger partial charge in [0.2, 0.25) is 0 Å². The molecule has 5 nitrogen and oxygen atoms in total. The van der Waals surface area contributed by atoms with Gasteiger partial charge in [0.1, 0.15) is 5.57 Å². The minimum Gasteiger partial charge on any atom is -0.273 e. The maximum Gasteiger partial charge on any atom is 0.331 e. The molecule has 0 spiro atoms. The lowest BCUT2D eigenvalue weighted by Gasteiger charge is -2.35. The zero-order valence-electron chi connectivity index (χ0n) is 14.7. The summed E-state index contributed by atoms with van der Waals surface area (Å²) in [6.45, 7) is 4.22. The molecule has 25 heavy (non-hydrogen) atoms. The highest BCUT2D eigenvalue weighted by molar-refractivity contribution is 6.31. The van der Waals surface area contributed by atoms with Crippen molar-refractivity contribution in [3.05, 3.63) is 41.0 Å². The van der Waals surface area contributed by atoms with Crippen molar-refractivity contribution in [3.63, 3.8) is 0 Å². The van der Waals surface area contributed by atoms with E-state index in [1.807, 2.05) is 24.3 Å². The minimum atomic E-state index is -0.616. The average molecular weight is 340 g/mol. The fraction of sp³-hybridized carbons (Fsp3) is 0.450. The van der Waals surface area contributed by atoms with Crippen LogP contribution in [0.1, 0.15) is 63.0 Å². The van der Waals surface area contributed by atoms with Crippen LogP contribution >= 0.6 is 0 Å². The Morgan fingerprint density at radius 3 is 2.28 bits per heavy atom. The molecule has 1 aromatic rings. The van der Waals surface area contributed by atoms with Crippen molar-refractivity contribution >= 4 is 23.9 Å². The summed E-state index contributed by atoms with van der Waals surface area (Å²) in [4.78, 5) is 38.4. The Balaban J connectivity index is 1.87. The monoisotopic (exact) mass is 340 g/mol. The Kier molecular flexibility index (Phi) is 5.02. The Bertz CT molecular complexity index is 713. The van der Waals surface area contributed by atoms with Crippen LogP contribution in [0.5, 0.6) is 0 Å². The maximum absolute atomic E-state index is 12.8. The van der Waals surface area contributed by atoms with E-state index in [0.29, 0.717) is 5.92 Å². The van der Waals surface area contributed by atoms with Gasteiger partial charge >= 0.3 is 6.03 Å². The number of carbonyl (C=O) groups excluding carboxylic acids is 3. The summed E-state index contributed by atoms with van der Waals surface area (Å²) in [7, 11) is 0. The number of imide groups is 2. The van der Waals surface area contributed by atoms with E-state index in [-0.39, 0.29) is 11.6 Å². The third-order valence-corrected chi connectivity index (χ3v) is 4.99. The number of amides is 4. The van der Waals surface area contributed by atoms with Gasteiger partial charge in [-0.1, -0.05) is 57.4 Å². The smallest absolute Gasteiger partial charge is 0.273 e. The first-order valence-electron chi connectivity index (χ1n) is 8.98. The van der Waals surface area contributed by atoms with E-state index in [0.717, 1.165) is 37.7 Å². The maximum atomic E-state index is 12.8. The zero-order chi connectivity index (χ0) is 18.0. The lowest BCUT2D eigenvalue weighted by molar-refractivity contribution is -0.132. The van der Waals surface area contributed by atoms with Crippen LogP contribution in [0.25, 0.3) is 6.08 Å². The van der Waals surface area contributed by atoms with Crippen LogP contribution in [-0.4, -0.2) is 28.8 Å². The molecule has 0 bridgehead atoms. The first-order chi connectivity index (χ1) is 12.0. The molecule has 1 saturated carbocycles. The van der Waals surface area contributed by atoms with E-state index >= 15 is 0 Å². The highest BCUT2D eigenvalue weighted by atomic mass is 16.2.